The SMILES string of the molecule is C/C(=C\N=C(/C)[C@@H]1CCCN1)c1ccc(-c2ccc(NC(=O)[C@@H]3CCCN3C(=O)[C@H](NC(=O)C3CC3)c3ccccc3)cc2)cc1. The van der Waals surface area contributed by atoms with Crippen LogP contribution in [0.5, 0.6) is 0 Å². The number of carbonyl (C=O) groups excluding carboxylic acids is 3. The molecule has 1 saturated carbocycles. The summed E-state index contributed by atoms with van der Waals surface area (Å²) in [4.78, 5) is 46.2. The van der Waals surface area contributed by atoms with Crippen LogP contribution in [0.3, 0.4) is 0 Å². The predicted molar refractivity (Wildman–Crippen MR) is 183 cm³/mol. The van der Waals surface area contributed by atoms with Gasteiger partial charge in [-0.1, -0.05) is 66.7 Å². The highest BCUT2D eigenvalue weighted by Gasteiger charge is 2.40. The molecule has 0 bridgehead atoms. The lowest BCUT2D eigenvalue weighted by Crippen LogP contribution is -2.48. The molecule has 3 atom stereocenters. The Morgan fingerprint density at radius 2 is 1.54 bits per heavy atom. The molecule has 3 amide bonds. The topological polar surface area (TPSA) is 103 Å². The highest BCUT2D eigenvalue weighted by atomic mass is 16.2. The minimum absolute atomic E-state index is 0.0217. The van der Waals surface area contributed by atoms with E-state index >= 15 is 0 Å². The molecule has 3 aromatic carbocycles. The number of nitrogens with zero attached hydrogens (tertiary/aromatic N) is 2. The van der Waals surface area contributed by atoms with E-state index in [0.717, 1.165) is 65.8 Å². The molecule has 2 saturated heterocycles. The van der Waals surface area contributed by atoms with Crippen molar-refractivity contribution < 1.29 is 14.4 Å². The summed E-state index contributed by atoms with van der Waals surface area (Å²) in [7, 11) is 0. The Bertz CT molecular complexity index is 1600. The van der Waals surface area contributed by atoms with Gasteiger partial charge in [-0.25, -0.2) is 0 Å². The minimum Gasteiger partial charge on any atom is -0.340 e. The smallest absolute Gasteiger partial charge is 0.250 e. The Labute approximate surface area is 271 Å². The van der Waals surface area contributed by atoms with E-state index in [2.05, 4.69) is 54.1 Å². The first kappa shape index (κ1) is 31.4. The normalized spacial score (nSPS) is 20.8. The average Bonchev–Trinajstić information content (AvgIpc) is 3.56. The number of amides is 3. The van der Waals surface area contributed by atoms with Gasteiger partial charge in [0.15, 0.2) is 0 Å². The molecule has 1 aliphatic carbocycles. The average molecular weight is 618 g/mol. The van der Waals surface area contributed by atoms with Crippen LogP contribution in [0, 0.1) is 5.92 Å². The second-order valence-corrected chi connectivity index (χ2v) is 12.7. The second-order valence-electron chi connectivity index (χ2n) is 12.7. The lowest BCUT2D eigenvalue weighted by Gasteiger charge is -2.29. The number of anilines is 1. The lowest BCUT2D eigenvalue weighted by atomic mass is 10.0. The second kappa shape index (κ2) is 14.3. The van der Waals surface area contributed by atoms with E-state index in [9.17, 15) is 14.4 Å². The quantitative estimate of drug-likeness (QED) is 0.239. The molecule has 238 valence electrons. The van der Waals surface area contributed by atoms with E-state index in [0.29, 0.717) is 24.7 Å². The van der Waals surface area contributed by atoms with Gasteiger partial charge in [0.1, 0.15) is 12.1 Å². The van der Waals surface area contributed by atoms with Crippen molar-refractivity contribution in [3.63, 3.8) is 0 Å². The molecule has 0 spiro atoms. The summed E-state index contributed by atoms with van der Waals surface area (Å²) in [6.45, 7) is 5.71. The minimum atomic E-state index is -0.807. The van der Waals surface area contributed by atoms with Gasteiger partial charge in [-0.3, -0.25) is 19.4 Å². The molecular weight excluding hydrogens is 574 g/mol. The van der Waals surface area contributed by atoms with Crippen molar-refractivity contribution in [3.8, 4) is 11.1 Å². The van der Waals surface area contributed by atoms with E-state index in [4.69, 9.17) is 4.99 Å². The van der Waals surface area contributed by atoms with Crippen molar-refractivity contribution in [3.05, 3.63) is 96.2 Å². The van der Waals surface area contributed by atoms with E-state index in [1.807, 2.05) is 60.8 Å². The molecule has 6 rings (SSSR count). The highest BCUT2D eigenvalue weighted by molar-refractivity contribution is 5.99. The van der Waals surface area contributed by atoms with Gasteiger partial charge in [0.2, 0.25) is 17.7 Å². The third-order valence-corrected chi connectivity index (χ3v) is 9.31. The number of rotatable bonds is 10. The molecule has 3 fully saturated rings. The van der Waals surface area contributed by atoms with Crippen molar-refractivity contribution in [2.75, 3.05) is 18.4 Å². The monoisotopic (exact) mass is 617 g/mol. The summed E-state index contributed by atoms with van der Waals surface area (Å²) < 4.78 is 0. The Hall–Kier alpha value is -4.56. The molecule has 0 radical (unpaired) electrons. The molecule has 8 heteroatoms. The van der Waals surface area contributed by atoms with Gasteiger partial charge in [0.25, 0.3) is 0 Å². The fourth-order valence-electron chi connectivity index (χ4n) is 6.31. The third kappa shape index (κ3) is 7.45. The standard InChI is InChI=1S/C38H43N5O3/c1-25(24-40-26(2)33-10-6-22-39-33)27-12-14-28(15-13-27)29-18-20-32(21-19-29)41-37(45)34-11-7-23-43(34)38(46)35(30-8-4-3-5-9-30)42-36(44)31-16-17-31/h3-5,8-9,12-15,18-21,24,31,33-35,39H,6-7,10-11,16-17,22-23H2,1-2H3,(H,41,45)(H,42,44)/b25-24+,40-26+/t33-,34-,35+/m0/s1. The first-order valence-corrected chi connectivity index (χ1v) is 16.5. The summed E-state index contributed by atoms with van der Waals surface area (Å²) >= 11 is 0. The largest absolute Gasteiger partial charge is 0.340 e. The van der Waals surface area contributed by atoms with Crippen LogP contribution in [0.15, 0.2) is 90.1 Å². The lowest BCUT2D eigenvalue weighted by molar-refractivity contribution is -0.140. The van der Waals surface area contributed by atoms with E-state index in [1.54, 1.807) is 4.90 Å². The summed E-state index contributed by atoms with van der Waals surface area (Å²) in [5, 5.41) is 9.47. The van der Waals surface area contributed by atoms with Gasteiger partial charge < -0.3 is 20.9 Å². The predicted octanol–water partition coefficient (Wildman–Crippen LogP) is 6.12. The maximum absolute atomic E-state index is 13.8. The number of carbonyl (C=O) groups is 3. The molecule has 3 aromatic rings. The van der Waals surface area contributed by atoms with Crippen molar-refractivity contribution in [1.29, 1.82) is 0 Å². The number of hydrogen-bond acceptors (Lipinski definition) is 5. The number of nitrogens with one attached hydrogen (secondary N) is 3. The Morgan fingerprint density at radius 1 is 0.848 bits per heavy atom. The van der Waals surface area contributed by atoms with Crippen molar-refractivity contribution in [2.45, 2.75) is 70.5 Å². The molecule has 2 heterocycles. The number of likely N-dealkylation sites (tertiary alicyclic amines) is 1. The van der Waals surface area contributed by atoms with Crippen molar-refractivity contribution in [1.82, 2.24) is 15.5 Å². The zero-order chi connectivity index (χ0) is 32.0. The van der Waals surface area contributed by atoms with Crippen molar-refractivity contribution in [2.24, 2.45) is 10.9 Å². The first-order valence-electron chi connectivity index (χ1n) is 16.5. The number of aliphatic imine (C=N–C) groups is 1. The maximum Gasteiger partial charge on any atom is 0.250 e. The van der Waals surface area contributed by atoms with E-state index in [-0.39, 0.29) is 23.6 Å². The van der Waals surface area contributed by atoms with Crippen LogP contribution in [0.4, 0.5) is 5.69 Å². The summed E-state index contributed by atoms with van der Waals surface area (Å²) in [6.07, 6.45) is 7.32. The van der Waals surface area contributed by atoms with Gasteiger partial charge >= 0.3 is 0 Å². The molecule has 0 aromatic heterocycles. The molecule has 8 nitrogen and oxygen atoms in total. The molecular formula is C38H43N5O3. The molecule has 2 aliphatic heterocycles. The van der Waals surface area contributed by atoms with Gasteiger partial charge in [0, 0.05) is 36.1 Å². The Kier molecular flexibility index (Phi) is 9.73. The van der Waals surface area contributed by atoms with E-state index in [1.165, 1.54) is 6.42 Å². The fourth-order valence-corrected chi connectivity index (χ4v) is 6.31. The number of allylic oxidation sites excluding steroid dienone is 1. The summed E-state index contributed by atoms with van der Waals surface area (Å²) in [5.74, 6) is -0.575. The zero-order valence-electron chi connectivity index (χ0n) is 26.7. The molecule has 0 unspecified atom stereocenters. The summed E-state index contributed by atoms with van der Waals surface area (Å²) in [5.41, 5.74) is 6.89. The third-order valence-electron chi connectivity index (χ3n) is 9.31. The van der Waals surface area contributed by atoms with Crippen LogP contribution in [-0.2, 0) is 14.4 Å². The number of hydrogen-bond donors (Lipinski definition) is 3. The van der Waals surface area contributed by atoms with Crippen LogP contribution in [0.25, 0.3) is 16.7 Å². The zero-order valence-corrected chi connectivity index (χ0v) is 26.7. The van der Waals surface area contributed by atoms with Crippen LogP contribution in [0.1, 0.15) is 69.5 Å². The molecule has 3 N–H and O–H groups in total. The number of benzene rings is 3. The Balaban J connectivity index is 1.08. The van der Waals surface area contributed by atoms with Crippen LogP contribution in [0.2, 0.25) is 0 Å². The molecule has 46 heavy (non-hydrogen) atoms. The van der Waals surface area contributed by atoms with Gasteiger partial charge in [-0.2, -0.15) is 0 Å². The fraction of sp³-hybridized carbons (Fsp3) is 0.368. The van der Waals surface area contributed by atoms with Gasteiger partial charge in [0.05, 0.1) is 0 Å². The van der Waals surface area contributed by atoms with Gasteiger partial charge in [-0.15, -0.1) is 0 Å². The van der Waals surface area contributed by atoms with Gasteiger partial charge in [-0.05, 0) is 98.9 Å². The van der Waals surface area contributed by atoms with Crippen LogP contribution in [-0.4, -0.2) is 53.5 Å². The Morgan fingerprint density at radius 3 is 2.20 bits per heavy atom. The van der Waals surface area contributed by atoms with Crippen molar-refractivity contribution >= 4 is 34.7 Å². The highest BCUT2D eigenvalue weighted by Crippen LogP contribution is 2.31. The van der Waals surface area contributed by atoms with Crippen LogP contribution < -0.4 is 16.0 Å². The molecule has 3 aliphatic rings. The maximum atomic E-state index is 13.8. The van der Waals surface area contributed by atoms with Crippen LogP contribution >= 0.6 is 0 Å². The van der Waals surface area contributed by atoms with E-state index < -0.39 is 12.1 Å². The first-order chi connectivity index (χ1) is 22.4. The summed E-state index contributed by atoms with van der Waals surface area (Å²) in [6, 6.07) is 24.5.